The molecule has 1 fully saturated rings. The third-order valence-corrected chi connectivity index (χ3v) is 6.60. The van der Waals surface area contributed by atoms with E-state index in [4.69, 9.17) is 4.98 Å². The zero-order valence-electron chi connectivity index (χ0n) is 18.7. The van der Waals surface area contributed by atoms with E-state index in [9.17, 15) is 4.79 Å². The van der Waals surface area contributed by atoms with Crippen molar-refractivity contribution in [2.75, 3.05) is 12.4 Å². The number of anilines is 1. The number of amides is 1. The van der Waals surface area contributed by atoms with Crippen molar-refractivity contribution in [3.05, 3.63) is 42.2 Å². The van der Waals surface area contributed by atoms with Gasteiger partial charge in [0, 0.05) is 38.1 Å². The molecule has 1 aliphatic carbocycles. The van der Waals surface area contributed by atoms with Crippen LogP contribution in [0.2, 0.25) is 0 Å². The van der Waals surface area contributed by atoms with Crippen molar-refractivity contribution < 1.29 is 4.79 Å². The number of aryl methyl sites for hydroxylation is 1. The number of rotatable bonds is 6. The van der Waals surface area contributed by atoms with Crippen LogP contribution in [-0.2, 0) is 18.4 Å². The van der Waals surface area contributed by atoms with E-state index in [0.717, 1.165) is 44.7 Å². The fourth-order valence-corrected chi connectivity index (χ4v) is 4.90. The molecule has 7 nitrogen and oxygen atoms in total. The summed E-state index contributed by atoms with van der Waals surface area (Å²) in [4.78, 5) is 25.1. The number of hydrogen-bond acceptors (Lipinski definition) is 4. The minimum absolute atomic E-state index is 0.162. The number of aromatic nitrogens is 4. The van der Waals surface area contributed by atoms with Gasteiger partial charge < -0.3 is 20.2 Å². The van der Waals surface area contributed by atoms with Crippen LogP contribution in [0.5, 0.6) is 0 Å². The van der Waals surface area contributed by atoms with Crippen molar-refractivity contribution in [1.82, 2.24) is 24.8 Å². The molecule has 3 N–H and O–H groups in total. The molecule has 166 valence electrons. The highest BCUT2D eigenvalue weighted by Gasteiger charge is 2.17. The standard InChI is InChI=1S/C25H30N6O/c1-26-25-22-23(31(2)15-28-22)19-13-20(29-24(19)30-25)18-10-6-9-17(11-18)14-27-21(32)12-16-7-4-3-5-8-16/h6,9-11,13,15-16H,3-5,7-8,12,14H2,1-2H3,(H,27,32)(H2,26,29,30). The van der Waals surface area contributed by atoms with Gasteiger partial charge in [-0.25, -0.2) is 9.97 Å². The number of hydrogen-bond donors (Lipinski definition) is 3. The third-order valence-electron chi connectivity index (χ3n) is 6.60. The number of imidazole rings is 1. The average molecular weight is 431 g/mol. The summed E-state index contributed by atoms with van der Waals surface area (Å²) in [6.07, 6.45) is 8.70. The summed E-state index contributed by atoms with van der Waals surface area (Å²) in [5.41, 5.74) is 5.90. The molecule has 0 unspecified atom stereocenters. The number of carbonyl (C=O) groups is 1. The highest BCUT2D eigenvalue weighted by molar-refractivity contribution is 6.07. The molecule has 5 rings (SSSR count). The highest BCUT2D eigenvalue weighted by atomic mass is 16.1. The minimum atomic E-state index is 0.162. The zero-order chi connectivity index (χ0) is 22.1. The molecule has 3 aromatic heterocycles. The molecule has 0 saturated heterocycles. The maximum absolute atomic E-state index is 12.4. The summed E-state index contributed by atoms with van der Waals surface area (Å²) < 4.78 is 2.02. The first-order valence-corrected chi connectivity index (χ1v) is 11.5. The summed E-state index contributed by atoms with van der Waals surface area (Å²) in [6, 6.07) is 10.4. The van der Waals surface area contributed by atoms with E-state index in [1.54, 1.807) is 0 Å². The van der Waals surface area contributed by atoms with Gasteiger partial charge in [0.25, 0.3) is 0 Å². The van der Waals surface area contributed by atoms with Gasteiger partial charge in [-0.3, -0.25) is 4.79 Å². The molecule has 1 aliphatic rings. The minimum Gasteiger partial charge on any atom is -0.371 e. The van der Waals surface area contributed by atoms with Crippen molar-refractivity contribution in [1.29, 1.82) is 0 Å². The van der Waals surface area contributed by atoms with Crippen molar-refractivity contribution in [2.45, 2.75) is 45.1 Å². The first-order chi connectivity index (χ1) is 15.6. The molecule has 32 heavy (non-hydrogen) atoms. The van der Waals surface area contributed by atoms with Gasteiger partial charge in [0.1, 0.15) is 11.2 Å². The Morgan fingerprint density at radius 2 is 2.06 bits per heavy atom. The Morgan fingerprint density at radius 3 is 2.88 bits per heavy atom. The van der Waals surface area contributed by atoms with Gasteiger partial charge in [0.15, 0.2) is 5.82 Å². The summed E-state index contributed by atoms with van der Waals surface area (Å²) in [5.74, 6) is 1.48. The highest BCUT2D eigenvalue weighted by Crippen LogP contribution is 2.32. The summed E-state index contributed by atoms with van der Waals surface area (Å²) in [6.45, 7) is 0.549. The second kappa shape index (κ2) is 8.65. The molecule has 0 bridgehead atoms. The van der Waals surface area contributed by atoms with Gasteiger partial charge in [0.2, 0.25) is 5.91 Å². The van der Waals surface area contributed by atoms with Crippen molar-refractivity contribution in [3.8, 4) is 11.3 Å². The van der Waals surface area contributed by atoms with Crippen molar-refractivity contribution >= 4 is 33.8 Å². The lowest BCUT2D eigenvalue weighted by Crippen LogP contribution is -2.25. The second-order valence-electron chi connectivity index (χ2n) is 8.89. The van der Waals surface area contributed by atoms with Crippen molar-refractivity contribution in [2.24, 2.45) is 13.0 Å². The number of aromatic amines is 1. The topological polar surface area (TPSA) is 87.6 Å². The predicted octanol–water partition coefficient (Wildman–Crippen LogP) is 4.74. The third kappa shape index (κ3) is 3.95. The monoisotopic (exact) mass is 430 g/mol. The number of carbonyl (C=O) groups excluding carboxylic acids is 1. The van der Waals surface area contributed by atoms with Crippen LogP contribution in [0.1, 0.15) is 44.1 Å². The van der Waals surface area contributed by atoms with Gasteiger partial charge in [-0.15, -0.1) is 0 Å². The first-order valence-electron chi connectivity index (χ1n) is 11.5. The van der Waals surface area contributed by atoms with Crippen LogP contribution in [0, 0.1) is 5.92 Å². The first kappa shape index (κ1) is 20.5. The number of pyridine rings is 1. The maximum atomic E-state index is 12.4. The van der Waals surface area contributed by atoms with Crippen LogP contribution in [-0.4, -0.2) is 32.5 Å². The van der Waals surface area contributed by atoms with Crippen LogP contribution in [0.3, 0.4) is 0 Å². The zero-order valence-corrected chi connectivity index (χ0v) is 18.7. The molecule has 1 saturated carbocycles. The lowest BCUT2D eigenvalue weighted by Gasteiger charge is -2.20. The number of benzene rings is 1. The molecule has 3 heterocycles. The lowest BCUT2D eigenvalue weighted by molar-refractivity contribution is -0.122. The SMILES string of the molecule is CNc1nc2[nH]c(-c3cccc(CNC(=O)CC4CCCCC4)c3)cc2c2c1ncn2C. The van der Waals surface area contributed by atoms with E-state index < -0.39 is 0 Å². The largest absolute Gasteiger partial charge is 0.371 e. The quantitative estimate of drug-likeness (QED) is 0.412. The van der Waals surface area contributed by atoms with Crippen LogP contribution < -0.4 is 10.6 Å². The average Bonchev–Trinajstić information content (AvgIpc) is 3.41. The van der Waals surface area contributed by atoms with Crippen LogP contribution >= 0.6 is 0 Å². The van der Waals surface area contributed by atoms with Gasteiger partial charge in [-0.2, -0.15) is 0 Å². The number of H-pyrrole nitrogens is 1. The lowest BCUT2D eigenvalue weighted by atomic mass is 9.87. The van der Waals surface area contributed by atoms with E-state index in [1.165, 1.54) is 32.1 Å². The maximum Gasteiger partial charge on any atom is 0.220 e. The van der Waals surface area contributed by atoms with E-state index >= 15 is 0 Å². The second-order valence-corrected chi connectivity index (χ2v) is 8.89. The van der Waals surface area contributed by atoms with E-state index in [1.807, 2.05) is 31.1 Å². The summed E-state index contributed by atoms with van der Waals surface area (Å²) >= 11 is 0. The van der Waals surface area contributed by atoms with Crippen molar-refractivity contribution in [3.63, 3.8) is 0 Å². The Morgan fingerprint density at radius 1 is 1.22 bits per heavy atom. The van der Waals surface area contributed by atoms with E-state index in [0.29, 0.717) is 18.9 Å². The van der Waals surface area contributed by atoms with Crippen LogP contribution in [0.4, 0.5) is 5.82 Å². The molecule has 0 atom stereocenters. The Bertz CT molecular complexity index is 1260. The molecule has 0 spiro atoms. The Labute approximate surface area is 187 Å². The van der Waals surface area contributed by atoms with E-state index in [-0.39, 0.29) is 5.91 Å². The number of nitrogens with zero attached hydrogens (tertiary/aromatic N) is 3. The Hall–Kier alpha value is -3.35. The molecular weight excluding hydrogens is 400 g/mol. The van der Waals surface area contributed by atoms with Gasteiger partial charge in [0.05, 0.1) is 11.8 Å². The van der Waals surface area contributed by atoms with E-state index in [2.05, 4.69) is 44.9 Å². The molecule has 4 aromatic rings. The molecular formula is C25H30N6O. The van der Waals surface area contributed by atoms with Gasteiger partial charge in [-0.1, -0.05) is 37.5 Å². The van der Waals surface area contributed by atoms with Gasteiger partial charge in [-0.05, 0) is 42.0 Å². The normalized spacial score (nSPS) is 14.8. The molecule has 7 heteroatoms. The summed E-state index contributed by atoms with van der Waals surface area (Å²) in [7, 11) is 3.86. The number of fused-ring (bicyclic) bond motifs is 3. The molecule has 0 aliphatic heterocycles. The fourth-order valence-electron chi connectivity index (χ4n) is 4.90. The fraction of sp³-hybridized carbons (Fsp3) is 0.400. The Kier molecular flexibility index (Phi) is 5.55. The summed E-state index contributed by atoms with van der Waals surface area (Å²) in [5, 5.41) is 7.30. The smallest absolute Gasteiger partial charge is 0.220 e. The molecule has 1 amide bonds. The molecule has 1 aromatic carbocycles. The predicted molar refractivity (Wildman–Crippen MR) is 128 cm³/mol. The van der Waals surface area contributed by atoms with Crippen LogP contribution in [0.15, 0.2) is 36.7 Å². The molecule has 0 radical (unpaired) electrons. The number of nitrogens with one attached hydrogen (secondary N) is 3. The van der Waals surface area contributed by atoms with Crippen LogP contribution in [0.25, 0.3) is 33.3 Å². The van der Waals surface area contributed by atoms with Gasteiger partial charge >= 0.3 is 0 Å². The Balaban J connectivity index is 1.36.